The molecule has 0 spiro atoms. The van der Waals surface area contributed by atoms with Crippen LogP contribution in [0.1, 0.15) is 11.3 Å². The van der Waals surface area contributed by atoms with Crippen LogP contribution in [-0.4, -0.2) is 21.5 Å². The Morgan fingerprint density at radius 2 is 2.22 bits per heavy atom. The Labute approximate surface area is 114 Å². The van der Waals surface area contributed by atoms with Gasteiger partial charge in [0.1, 0.15) is 5.75 Å². The van der Waals surface area contributed by atoms with Crippen molar-refractivity contribution in [3.8, 4) is 5.75 Å². The Hall–Kier alpha value is -1.33. The quantitative estimate of drug-likeness (QED) is 0.922. The first-order valence-corrected chi connectivity index (χ1v) is 6.49. The maximum atomic E-state index is 9.01. The predicted octanol–water partition coefficient (Wildman–Crippen LogP) is 2.30. The Balaban J connectivity index is 1.92. The molecule has 0 bridgehead atoms. The summed E-state index contributed by atoms with van der Waals surface area (Å²) in [4.78, 5) is 0. The topological polar surface area (TPSA) is 47.3 Å². The lowest BCUT2D eigenvalue weighted by Gasteiger charge is -2.09. The zero-order valence-corrected chi connectivity index (χ0v) is 11.7. The first kappa shape index (κ1) is 13.1. The average molecular weight is 311 g/mol. The highest BCUT2D eigenvalue weighted by Crippen LogP contribution is 2.26. The average Bonchev–Trinajstić information content (AvgIpc) is 2.77. The van der Waals surface area contributed by atoms with Crippen LogP contribution in [0, 0.1) is 0 Å². The Morgan fingerprint density at radius 3 is 2.83 bits per heavy atom. The van der Waals surface area contributed by atoms with Gasteiger partial charge in [-0.3, -0.25) is 4.68 Å². The molecule has 0 fully saturated rings. The minimum atomic E-state index is 0.0356. The molecule has 1 N–H and O–H groups in total. The van der Waals surface area contributed by atoms with Gasteiger partial charge in [0.25, 0.3) is 0 Å². The molecule has 0 aliphatic carbocycles. The van der Waals surface area contributed by atoms with Crippen LogP contribution in [0.2, 0.25) is 0 Å². The number of halogens is 1. The molecule has 0 atom stereocenters. The molecule has 4 nitrogen and oxygen atoms in total. The zero-order chi connectivity index (χ0) is 13.0. The van der Waals surface area contributed by atoms with Gasteiger partial charge >= 0.3 is 0 Å². The molecule has 0 aliphatic heterocycles. The fraction of sp³-hybridized carbons (Fsp3) is 0.308. The maximum Gasteiger partial charge on any atom is 0.133 e. The third-order valence-corrected chi connectivity index (χ3v) is 3.34. The summed E-state index contributed by atoms with van der Waals surface area (Å²) in [6.45, 7) is 0.629. The number of aliphatic hydroxyl groups is 1. The van der Waals surface area contributed by atoms with Crippen LogP contribution < -0.4 is 4.74 Å². The van der Waals surface area contributed by atoms with Gasteiger partial charge in [0.2, 0.25) is 0 Å². The summed E-state index contributed by atoms with van der Waals surface area (Å²) in [5, 5.41) is 13.1. The number of nitrogens with zero attached hydrogens (tertiary/aromatic N) is 2. The van der Waals surface area contributed by atoms with E-state index in [1.165, 1.54) is 0 Å². The first-order valence-electron chi connectivity index (χ1n) is 5.69. The van der Waals surface area contributed by atoms with Gasteiger partial charge in [-0.15, -0.1) is 0 Å². The molecule has 0 saturated carbocycles. The summed E-state index contributed by atoms with van der Waals surface area (Å²) >= 11 is 3.43. The molecule has 1 aromatic heterocycles. The highest BCUT2D eigenvalue weighted by atomic mass is 79.9. The van der Waals surface area contributed by atoms with Gasteiger partial charge in [-0.1, -0.05) is 6.07 Å². The number of ether oxygens (including phenoxy) is 1. The molecular formula is C13H15BrN2O2. The molecule has 1 aromatic carbocycles. The monoisotopic (exact) mass is 310 g/mol. The molecule has 0 amide bonds. The smallest absolute Gasteiger partial charge is 0.133 e. The van der Waals surface area contributed by atoms with Crippen LogP contribution in [0.3, 0.4) is 0 Å². The number of hydrogen-bond acceptors (Lipinski definition) is 3. The second-order valence-corrected chi connectivity index (χ2v) is 4.82. The van der Waals surface area contributed by atoms with Gasteiger partial charge in [0.05, 0.1) is 17.7 Å². The van der Waals surface area contributed by atoms with Crippen molar-refractivity contribution >= 4 is 15.9 Å². The predicted molar refractivity (Wildman–Crippen MR) is 72.5 cm³/mol. The highest BCUT2D eigenvalue weighted by Gasteiger charge is 2.04. The number of aryl methyl sites for hydroxylation is 1. The van der Waals surface area contributed by atoms with E-state index in [-0.39, 0.29) is 6.61 Å². The summed E-state index contributed by atoms with van der Waals surface area (Å²) < 4.78 is 8.40. The Bertz CT molecular complexity index is 525. The van der Waals surface area contributed by atoms with Crippen LogP contribution in [0.5, 0.6) is 5.75 Å². The van der Waals surface area contributed by atoms with Gasteiger partial charge < -0.3 is 9.84 Å². The molecule has 0 radical (unpaired) electrons. The molecule has 0 unspecified atom stereocenters. The summed E-state index contributed by atoms with van der Waals surface area (Å²) in [7, 11) is 1.92. The number of rotatable bonds is 5. The van der Waals surface area contributed by atoms with E-state index in [9.17, 15) is 0 Å². The van der Waals surface area contributed by atoms with Crippen molar-refractivity contribution in [3.05, 3.63) is 46.2 Å². The first-order chi connectivity index (χ1) is 8.70. The minimum absolute atomic E-state index is 0.0356. The lowest BCUT2D eigenvalue weighted by Crippen LogP contribution is -2.06. The van der Waals surface area contributed by atoms with Crippen molar-refractivity contribution in [2.45, 2.75) is 13.0 Å². The van der Waals surface area contributed by atoms with Crippen LogP contribution in [0.4, 0.5) is 0 Å². The van der Waals surface area contributed by atoms with Crippen LogP contribution in [-0.2, 0) is 20.1 Å². The van der Waals surface area contributed by atoms with Crippen molar-refractivity contribution in [3.63, 3.8) is 0 Å². The lowest BCUT2D eigenvalue weighted by molar-refractivity contribution is 0.281. The van der Waals surface area contributed by atoms with Gasteiger partial charge in [0, 0.05) is 25.4 Å². The normalized spacial score (nSPS) is 10.6. The summed E-state index contributed by atoms with van der Waals surface area (Å²) in [5.41, 5.74) is 2.00. The summed E-state index contributed by atoms with van der Waals surface area (Å²) in [6.07, 6.45) is 2.59. The summed E-state index contributed by atoms with van der Waals surface area (Å²) in [5.74, 6) is 0.786. The van der Waals surface area contributed by atoms with Crippen LogP contribution >= 0.6 is 15.9 Å². The molecule has 0 aliphatic rings. The van der Waals surface area contributed by atoms with E-state index in [1.54, 1.807) is 6.20 Å². The fourth-order valence-electron chi connectivity index (χ4n) is 1.67. The number of benzene rings is 1. The van der Waals surface area contributed by atoms with Gasteiger partial charge in [0.15, 0.2) is 0 Å². The van der Waals surface area contributed by atoms with E-state index < -0.39 is 0 Å². The molecule has 5 heteroatoms. The second-order valence-electron chi connectivity index (χ2n) is 3.97. The van der Waals surface area contributed by atoms with Crippen molar-refractivity contribution < 1.29 is 9.84 Å². The van der Waals surface area contributed by atoms with Crippen molar-refractivity contribution in [2.24, 2.45) is 7.05 Å². The highest BCUT2D eigenvalue weighted by molar-refractivity contribution is 9.10. The van der Waals surface area contributed by atoms with Crippen LogP contribution in [0.15, 0.2) is 34.9 Å². The van der Waals surface area contributed by atoms with E-state index in [4.69, 9.17) is 9.84 Å². The Kier molecular flexibility index (Phi) is 4.38. The van der Waals surface area contributed by atoms with E-state index in [2.05, 4.69) is 21.0 Å². The van der Waals surface area contributed by atoms with Crippen molar-refractivity contribution in [2.75, 3.05) is 6.61 Å². The van der Waals surface area contributed by atoms with E-state index in [0.717, 1.165) is 27.9 Å². The SMILES string of the molecule is Cn1nccc1CCOc1ccc(CO)cc1Br. The fourth-order valence-corrected chi connectivity index (χ4v) is 2.21. The van der Waals surface area contributed by atoms with Gasteiger partial charge in [-0.2, -0.15) is 5.10 Å². The molecule has 1 heterocycles. The van der Waals surface area contributed by atoms with Gasteiger partial charge in [-0.25, -0.2) is 0 Å². The third-order valence-electron chi connectivity index (χ3n) is 2.72. The summed E-state index contributed by atoms with van der Waals surface area (Å²) in [6, 6.07) is 7.55. The van der Waals surface area contributed by atoms with E-state index in [1.807, 2.05) is 36.0 Å². The number of aromatic nitrogens is 2. The number of hydrogen-bond donors (Lipinski definition) is 1. The Morgan fingerprint density at radius 1 is 1.39 bits per heavy atom. The maximum absolute atomic E-state index is 9.01. The molecule has 2 rings (SSSR count). The van der Waals surface area contributed by atoms with Crippen molar-refractivity contribution in [1.29, 1.82) is 0 Å². The third kappa shape index (κ3) is 3.11. The minimum Gasteiger partial charge on any atom is -0.492 e. The second kappa shape index (κ2) is 6.02. The standard InChI is InChI=1S/C13H15BrN2O2/c1-16-11(4-6-15-16)5-7-18-13-3-2-10(9-17)8-12(13)14/h2-4,6,8,17H,5,7,9H2,1H3. The van der Waals surface area contributed by atoms with Gasteiger partial charge in [-0.05, 0) is 39.7 Å². The van der Waals surface area contributed by atoms with Crippen molar-refractivity contribution in [1.82, 2.24) is 9.78 Å². The van der Waals surface area contributed by atoms with E-state index >= 15 is 0 Å². The zero-order valence-electron chi connectivity index (χ0n) is 10.1. The molecular weight excluding hydrogens is 296 g/mol. The lowest BCUT2D eigenvalue weighted by atomic mass is 10.2. The molecule has 18 heavy (non-hydrogen) atoms. The van der Waals surface area contributed by atoms with E-state index in [0.29, 0.717) is 6.61 Å². The molecule has 0 saturated heterocycles. The van der Waals surface area contributed by atoms with Crippen LogP contribution in [0.25, 0.3) is 0 Å². The molecule has 96 valence electrons. The number of aliphatic hydroxyl groups excluding tert-OH is 1. The largest absolute Gasteiger partial charge is 0.492 e. The molecule has 2 aromatic rings.